The molecule has 2 aliphatic rings. The molecule has 10 nitrogen and oxygen atoms in total. The van der Waals surface area contributed by atoms with E-state index in [1.807, 2.05) is 25.2 Å². The van der Waals surface area contributed by atoms with Gasteiger partial charge in [0.05, 0.1) is 21.1 Å². The zero-order valence-electron chi connectivity index (χ0n) is 22.8. The number of para-hydroxylation sites is 1. The number of piperazine rings is 1. The van der Waals surface area contributed by atoms with Crippen LogP contribution in [0, 0.1) is 11.3 Å². The summed E-state index contributed by atoms with van der Waals surface area (Å²) in [6.07, 6.45) is 0.283. The Balaban J connectivity index is 1.24. The van der Waals surface area contributed by atoms with Crippen LogP contribution < -0.4 is 15.4 Å². The summed E-state index contributed by atoms with van der Waals surface area (Å²) in [7, 11) is 2.03. The minimum Gasteiger partial charge on any atom is -0.453 e. The predicted octanol–water partition coefficient (Wildman–Crippen LogP) is 5.33. The summed E-state index contributed by atoms with van der Waals surface area (Å²) < 4.78 is 7.34. The van der Waals surface area contributed by atoms with Crippen LogP contribution in [0.25, 0.3) is 10.9 Å². The molecule has 6 rings (SSSR count). The molecule has 2 N–H and O–H groups in total. The number of carbonyl (C=O) groups excluding carboxylic acids is 2. The van der Waals surface area contributed by atoms with Gasteiger partial charge in [0, 0.05) is 56.1 Å². The van der Waals surface area contributed by atoms with E-state index in [2.05, 4.69) is 16.1 Å². The number of likely N-dealkylation sites (N-methyl/N-ethyl adjacent to an activating group) is 1. The largest absolute Gasteiger partial charge is 0.453 e. The van der Waals surface area contributed by atoms with E-state index >= 15 is 0 Å². The summed E-state index contributed by atoms with van der Waals surface area (Å²) in [6, 6.07) is 17.5. The Labute approximate surface area is 252 Å². The maximum absolute atomic E-state index is 13.2. The van der Waals surface area contributed by atoms with Crippen molar-refractivity contribution in [3.05, 3.63) is 75.8 Å². The average molecular weight is 604 g/mol. The van der Waals surface area contributed by atoms with E-state index in [1.54, 1.807) is 46.2 Å². The summed E-state index contributed by atoms with van der Waals surface area (Å²) in [4.78, 5) is 32.0. The minimum absolute atomic E-state index is 0.0471. The Morgan fingerprint density at radius 3 is 2.62 bits per heavy atom. The number of hydrogen-bond acceptors (Lipinski definition) is 7. The highest BCUT2D eigenvalue weighted by molar-refractivity contribution is 6.33. The van der Waals surface area contributed by atoms with E-state index in [4.69, 9.17) is 33.7 Å². The van der Waals surface area contributed by atoms with Crippen LogP contribution in [-0.4, -0.2) is 71.3 Å². The average Bonchev–Trinajstić information content (AvgIpc) is 3.54. The fourth-order valence-corrected chi connectivity index (χ4v) is 5.79. The lowest BCUT2D eigenvalue weighted by Crippen LogP contribution is -2.48. The first-order valence-corrected chi connectivity index (χ1v) is 14.2. The van der Waals surface area contributed by atoms with Gasteiger partial charge in [0.25, 0.3) is 0 Å². The summed E-state index contributed by atoms with van der Waals surface area (Å²) in [5.41, 5.74) is 8.66. The van der Waals surface area contributed by atoms with Gasteiger partial charge in [0.15, 0.2) is 11.6 Å². The van der Waals surface area contributed by atoms with Crippen molar-refractivity contribution in [2.75, 3.05) is 50.4 Å². The molecule has 4 aromatic rings. The topological polar surface area (TPSA) is 121 Å². The molecule has 2 fully saturated rings. The molecule has 3 heterocycles. The molecule has 2 aliphatic heterocycles. The smallest absolute Gasteiger partial charge is 0.345 e. The molecule has 0 aliphatic carbocycles. The van der Waals surface area contributed by atoms with Crippen molar-refractivity contribution in [3.63, 3.8) is 0 Å². The van der Waals surface area contributed by atoms with E-state index < -0.39 is 0 Å². The number of nitrogen functional groups attached to an aromatic ring is 1. The zero-order chi connectivity index (χ0) is 29.5. The van der Waals surface area contributed by atoms with Gasteiger partial charge in [-0.15, -0.1) is 5.10 Å². The molecule has 42 heavy (non-hydrogen) atoms. The number of aromatic nitrogens is 2. The molecule has 12 heteroatoms. The number of anilines is 2. The monoisotopic (exact) mass is 603 g/mol. The zero-order valence-corrected chi connectivity index (χ0v) is 24.3. The molecule has 214 valence electrons. The summed E-state index contributed by atoms with van der Waals surface area (Å²) in [5, 5.41) is 15.1. The molecule has 0 unspecified atom stereocenters. The van der Waals surface area contributed by atoms with Gasteiger partial charge < -0.3 is 25.2 Å². The predicted molar refractivity (Wildman–Crippen MR) is 161 cm³/mol. The first kappa shape index (κ1) is 27.8. The van der Waals surface area contributed by atoms with Crippen LogP contribution in [0.4, 0.5) is 16.3 Å². The lowest BCUT2D eigenvalue weighted by Gasteiger charge is -2.32. The Hall–Kier alpha value is -4.30. The molecule has 0 bridgehead atoms. The fourth-order valence-electron chi connectivity index (χ4n) is 5.42. The second kappa shape index (κ2) is 11.2. The lowest BCUT2D eigenvalue weighted by atomic mass is 9.98. The van der Waals surface area contributed by atoms with E-state index in [-0.39, 0.29) is 41.4 Å². The maximum Gasteiger partial charge on any atom is 0.345 e. The molecule has 3 aromatic carbocycles. The van der Waals surface area contributed by atoms with Crippen LogP contribution in [0.3, 0.4) is 0 Å². The van der Waals surface area contributed by atoms with Gasteiger partial charge in [-0.1, -0.05) is 35.3 Å². The van der Waals surface area contributed by atoms with E-state index in [1.165, 1.54) is 4.68 Å². The molecular weight excluding hydrogens is 577 g/mol. The van der Waals surface area contributed by atoms with Gasteiger partial charge >= 0.3 is 6.03 Å². The van der Waals surface area contributed by atoms with Gasteiger partial charge in [-0.3, -0.25) is 4.79 Å². The Morgan fingerprint density at radius 2 is 1.86 bits per heavy atom. The van der Waals surface area contributed by atoms with Gasteiger partial charge in [0.2, 0.25) is 5.91 Å². The van der Waals surface area contributed by atoms with Crippen molar-refractivity contribution in [2.45, 2.75) is 12.3 Å². The molecule has 0 radical (unpaired) electrons. The van der Waals surface area contributed by atoms with Gasteiger partial charge in [-0.05, 0) is 55.1 Å². The highest BCUT2D eigenvalue weighted by Crippen LogP contribution is 2.40. The van der Waals surface area contributed by atoms with Crippen LogP contribution in [-0.2, 0) is 4.79 Å². The molecule has 1 aromatic heterocycles. The number of nitrogens with two attached hydrogens (primary N) is 1. The van der Waals surface area contributed by atoms with Crippen LogP contribution in [0.2, 0.25) is 10.0 Å². The van der Waals surface area contributed by atoms with E-state index in [0.29, 0.717) is 52.0 Å². The number of nitriles is 1. The van der Waals surface area contributed by atoms with Crippen molar-refractivity contribution in [1.82, 2.24) is 19.6 Å². The van der Waals surface area contributed by atoms with E-state index in [9.17, 15) is 14.9 Å². The summed E-state index contributed by atoms with van der Waals surface area (Å²) in [5.74, 6) is 0.620. The van der Waals surface area contributed by atoms with Crippen LogP contribution >= 0.6 is 23.2 Å². The molecule has 0 spiro atoms. The number of ether oxygens (including phenoxy) is 1. The SMILES string of the molecule is CN1CCN(C(=O)n2nc(N)c3cc(N4C[C@@H](c5ccc(Cl)c(Oc6c(Cl)cccc6C#N)c5)CC4=O)ccc32)CC1. The van der Waals surface area contributed by atoms with Crippen molar-refractivity contribution in [3.8, 4) is 17.6 Å². The molecule has 1 atom stereocenters. The highest BCUT2D eigenvalue weighted by Gasteiger charge is 2.33. The number of carbonyl (C=O) groups is 2. The molecule has 0 saturated carbocycles. The minimum atomic E-state index is -0.214. The van der Waals surface area contributed by atoms with Gasteiger partial charge in [0.1, 0.15) is 11.8 Å². The number of halogens is 2. The van der Waals surface area contributed by atoms with Crippen LogP contribution in [0.1, 0.15) is 23.5 Å². The van der Waals surface area contributed by atoms with Crippen molar-refractivity contribution >= 4 is 57.5 Å². The molecule has 2 saturated heterocycles. The lowest BCUT2D eigenvalue weighted by molar-refractivity contribution is -0.117. The fraction of sp³-hybridized carbons (Fsp3) is 0.267. The van der Waals surface area contributed by atoms with E-state index in [0.717, 1.165) is 18.7 Å². The third-order valence-electron chi connectivity index (χ3n) is 7.81. The maximum atomic E-state index is 13.2. The number of nitrogens with zero attached hydrogens (tertiary/aromatic N) is 6. The Bertz CT molecular complexity index is 1760. The van der Waals surface area contributed by atoms with Crippen LogP contribution in [0.15, 0.2) is 54.6 Å². The number of rotatable bonds is 4. The highest BCUT2D eigenvalue weighted by atomic mass is 35.5. The second-order valence-corrected chi connectivity index (χ2v) is 11.3. The number of benzene rings is 3. The number of amides is 2. The summed E-state index contributed by atoms with van der Waals surface area (Å²) in [6.45, 7) is 3.26. The van der Waals surface area contributed by atoms with Crippen molar-refractivity contribution < 1.29 is 14.3 Å². The summed E-state index contributed by atoms with van der Waals surface area (Å²) >= 11 is 12.7. The van der Waals surface area contributed by atoms with Gasteiger partial charge in [-0.2, -0.15) is 9.94 Å². The standard InChI is InChI=1S/C30H27Cl2N7O3/c1-36-9-11-37(12-10-36)30(41)39-25-8-6-21(15-22(25)29(34)35-39)38-17-20(14-27(38)40)18-5-7-23(31)26(13-18)42-28-19(16-33)3-2-4-24(28)32/h2-8,13,15,20H,9-12,14,17H2,1H3,(H2,34,35)/t20-/m0/s1. The number of fused-ring (bicyclic) bond motifs is 1. The third-order valence-corrected chi connectivity index (χ3v) is 8.42. The first-order valence-electron chi connectivity index (χ1n) is 13.5. The Morgan fingerprint density at radius 1 is 1.07 bits per heavy atom. The molecular formula is C30H27Cl2N7O3. The van der Waals surface area contributed by atoms with Crippen molar-refractivity contribution in [1.29, 1.82) is 5.26 Å². The van der Waals surface area contributed by atoms with Crippen LogP contribution in [0.5, 0.6) is 11.5 Å². The third kappa shape index (κ3) is 5.11. The first-order chi connectivity index (χ1) is 20.2. The number of hydrogen-bond donors (Lipinski definition) is 1. The quantitative estimate of drug-likeness (QED) is 0.335. The van der Waals surface area contributed by atoms with Crippen molar-refractivity contribution in [2.24, 2.45) is 0 Å². The van der Waals surface area contributed by atoms with Gasteiger partial charge in [-0.25, -0.2) is 4.79 Å². The normalized spacial score (nSPS) is 17.6. The Kier molecular flexibility index (Phi) is 7.41. The second-order valence-electron chi connectivity index (χ2n) is 10.5. The molecule has 2 amide bonds.